The van der Waals surface area contributed by atoms with Gasteiger partial charge in [-0.25, -0.2) is 0 Å². The zero-order chi connectivity index (χ0) is 12.0. The van der Waals surface area contributed by atoms with Crippen LogP contribution >= 0.6 is 15.9 Å². The molecule has 0 aliphatic heterocycles. The molecule has 1 aromatic carbocycles. The van der Waals surface area contributed by atoms with Gasteiger partial charge in [-0.3, -0.25) is 4.79 Å². The molecule has 0 saturated heterocycles. The van der Waals surface area contributed by atoms with E-state index in [0.29, 0.717) is 6.42 Å². The highest BCUT2D eigenvalue weighted by atomic mass is 79.9. The van der Waals surface area contributed by atoms with E-state index in [2.05, 4.69) is 27.8 Å². The Morgan fingerprint density at radius 1 is 1.56 bits per heavy atom. The van der Waals surface area contributed by atoms with Crippen molar-refractivity contribution in [3.05, 3.63) is 34.3 Å². The summed E-state index contributed by atoms with van der Waals surface area (Å²) in [5.74, 6) is 5.42. The van der Waals surface area contributed by atoms with E-state index in [4.69, 9.17) is 5.11 Å². The number of hydrogen-bond donors (Lipinski definition) is 1. The fraction of sp³-hybridized carbons (Fsp3) is 0.308. The van der Waals surface area contributed by atoms with Gasteiger partial charge in [-0.15, -0.1) is 0 Å². The van der Waals surface area contributed by atoms with Gasteiger partial charge in [-0.2, -0.15) is 0 Å². The van der Waals surface area contributed by atoms with Crippen LogP contribution in [-0.2, 0) is 4.79 Å². The third-order valence-electron chi connectivity index (χ3n) is 2.08. The molecule has 0 heterocycles. The molecule has 0 spiro atoms. The molecule has 0 bridgehead atoms. The lowest BCUT2D eigenvalue weighted by Gasteiger charge is -1.99. The van der Waals surface area contributed by atoms with E-state index in [1.54, 1.807) is 0 Å². The molecular formula is C13H13BrO2. The molecule has 3 heteroatoms. The van der Waals surface area contributed by atoms with Crippen LogP contribution in [0, 0.1) is 17.8 Å². The first-order valence-electron chi connectivity index (χ1n) is 5.07. The zero-order valence-corrected chi connectivity index (χ0v) is 10.6. The number of carbonyl (C=O) groups is 1. The first-order chi connectivity index (χ1) is 7.58. The molecule has 0 aromatic heterocycles. The number of aliphatic carboxylic acids is 1. The molecule has 16 heavy (non-hydrogen) atoms. The quantitative estimate of drug-likeness (QED) is 0.863. The molecule has 2 nitrogen and oxygen atoms in total. The maximum absolute atomic E-state index is 10.4. The lowest BCUT2D eigenvalue weighted by molar-refractivity contribution is -0.137. The van der Waals surface area contributed by atoms with Crippen LogP contribution in [0.25, 0.3) is 0 Å². The molecule has 0 fully saturated rings. The molecular weight excluding hydrogens is 268 g/mol. The van der Waals surface area contributed by atoms with Gasteiger partial charge in [0.25, 0.3) is 0 Å². The fourth-order valence-electron chi connectivity index (χ4n) is 1.18. The number of benzene rings is 1. The highest BCUT2D eigenvalue weighted by Crippen LogP contribution is 2.11. The van der Waals surface area contributed by atoms with Gasteiger partial charge in [-0.05, 0) is 24.6 Å². The summed E-state index contributed by atoms with van der Waals surface area (Å²) in [7, 11) is 0. The van der Waals surface area contributed by atoms with Crippen molar-refractivity contribution in [1.29, 1.82) is 0 Å². The molecule has 1 N–H and O–H groups in total. The van der Waals surface area contributed by atoms with Crippen LogP contribution in [0.4, 0.5) is 0 Å². The topological polar surface area (TPSA) is 37.3 Å². The molecule has 1 atom stereocenters. The summed E-state index contributed by atoms with van der Waals surface area (Å²) in [6, 6.07) is 7.74. The number of halogens is 1. The van der Waals surface area contributed by atoms with Crippen molar-refractivity contribution < 1.29 is 9.90 Å². The lowest BCUT2D eigenvalue weighted by atomic mass is 10.1. The van der Waals surface area contributed by atoms with E-state index in [-0.39, 0.29) is 12.3 Å². The summed E-state index contributed by atoms with van der Waals surface area (Å²) in [6.07, 6.45) is 0.769. The van der Waals surface area contributed by atoms with Crippen molar-refractivity contribution in [2.75, 3.05) is 0 Å². The molecule has 0 radical (unpaired) electrons. The SMILES string of the molecule is C[C@H](C#Cc1cccc(Br)c1)CCC(=O)O. The lowest BCUT2D eigenvalue weighted by Crippen LogP contribution is -1.98. The average molecular weight is 281 g/mol. The Hall–Kier alpha value is -1.27. The Balaban J connectivity index is 2.56. The predicted octanol–water partition coefficient (Wildman–Crippen LogP) is 3.30. The molecule has 0 aliphatic carbocycles. The Kier molecular flexibility index (Phi) is 5.07. The van der Waals surface area contributed by atoms with Gasteiger partial charge >= 0.3 is 5.97 Å². The molecule has 0 saturated carbocycles. The standard InChI is InChI=1S/C13H13BrO2/c1-10(6-8-13(15)16)5-7-11-3-2-4-12(14)9-11/h2-4,9-10H,6,8H2,1H3,(H,15,16)/t10-/m1/s1. The van der Waals surface area contributed by atoms with Gasteiger partial charge in [0.05, 0.1) is 0 Å². The third-order valence-corrected chi connectivity index (χ3v) is 2.57. The van der Waals surface area contributed by atoms with Crippen LogP contribution in [0.3, 0.4) is 0 Å². The third kappa shape index (κ3) is 4.99. The highest BCUT2D eigenvalue weighted by Gasteiger charge is 2.01. The van der Waals surface area contributed by atoms with Crippen molar-refractivity contribution in [1.82, 2.24) is 0 Å². The summed E-state index contributed by atoms with van der Waals surface area (Å²) in [6.45, 7) is 1.94. The van der Waals surface area contributed by atoms with Gasteiger partial charge < -0.3 is 5.11 Å². The second-order valence-corrected chi connectivity index (χ2v) is 4.53. The van der Waals surface area contributed by atoms with Crippen LogP contribution < -0.4 is 0 Å². The van der Waals surface area contributed by atoms with Crippen LogP contribution in [0.1, 0.15) is 25.3 Å². The second kappa shape index (κ2) is 6.34. The van der Waals surface area contributed by atoms with E-state index in [0.717, 1.165) is 10.0 Å². The molecule has 84 valence electrons. The van der Waals surface area contributed by atoms with Gasteiger partial charge in [0.2, 0.25) is 0 Å². The number of rotatable bonds is 3. The van der Waals surface area contributed by atoms with E-state index in [1.807, 2.05) is 31.2 Å². The summed E-state index contributed by atoms with van der Waals surface area (Å²) < 4.78 is 0.998. The molecule has 0 amide bonds. The van der Waals surface area contributed by atoms with Gasteiger partial charge in [0.15, 0.2) is 0 Å². The molecule has 0 unspecified atom stereocenters. The summed E-state index contributed by atoms with van der Waals surface area (Å²) in [5.41, 5.74) is 0.941. The maximum Gasteiger partial charge on any atom is 0.303 e. The minimum Gasteiger partial charge on any atom is -0.481 e. The predicted molar refractivity (Wildman–Crippen MR) is 67.1 cm³/mol. The van der Waals surface area contributed by atoms with E-state index >= 15 is 0 Å². The number of carboxylic acids is 1. The second-order valence-electron chi connectivity index (χ2n) is 3.61. The van der Waals surface area contributed by atoms with Crippen molar-refractivity contribution in [2.24, 2.45) is 5.92 Å². The molecule has 1 aromatic rings. The van der Waals surface area contributed by atoms with Crippen molar-refractivity contribution in [3.8, 4) is 11.8 Å². The first-order valence-corrected chi connectivity index (χ1v) is 5.86. The Bertz CT molecular complexity index is 429. The highest BCUT2D eigenvalue weighted by molar-refractivity contribution is 9.10. The summed E-state index contributed by atoms with van der Waals surface area (Å²) in [4.78, 5) is 10.4. The van der Waals surface area contributed by atoms with Crippen LogP contribution in [0.15, 0.2) is 28.7 Å². The van der Waals surface area contributed by atoms with Crippen LogP contribution in [0.2, 0.25) is 0 Å². The normalized spacial score (nSPS) is 11.4. The number of hydrogen-bond acceptors (Lipinski definition) is 1. The van der Waals surface area contributed by atoms with E-state index in [1.165, 1.54) is 0 Å². The fourth-order valence-corrected chi connectivity index (χ4v) is 1.58. The summed E-state index contributed by atoms with van der Waals surface area (Å²) >= 11 is 3.37. The van der Waals surface area contributed by atoms with E-state index < -0.39 is 5.97 Å². The Morgan fingerprint density at radius 2 is 2.31 bits per heavy atom. The molecule has 0 aliphatic rings. The number of carboxylic acid groups (broad SMARTS) is 1. The van der Waals surface area contributed by atoms with E-state index in [9.17, 15) is 4.79 Å². The first kappa shape index (κ1) is 12.8. The van der Waals surface area contributed by atoms with Gasteiger partial charge in [0, 0.05) is 22.4 Å². The largest absolute Gasteiger partial charge is 0.481 e. The minimum absolute atomic E-state index is 0.107. The maximum atomic E-state index is 10.4. The smallest absolute Gasteiger partial charge is 0.303 e. The van der Waals surface area contributed by atoms with Gasteiger partial charge in [-0.1, -0.05) is 40.8 Å². The van der Waals surface area contributed by atoms with Gasteiger partial charge in [0.1, 0.15) is 0 Å². The molecule has 1 rings (SSSR count). The van der Waals surface area contributed by atoms with Crippen molar-refractivity contribution >= 4 is 21.9 Å². The average Bonchev–Trinajstić information content (AvgIpc) is 2.23. The Morgan fingerprint density at radius 3 is 2.94 bits per heavy atom. The Labute approximate surface area is 104 Å². The summed E-state index contributed by atoms with van der Waals surface area (Å²) in [5, 5.41) is 8.53. The van der Waals surface area contributed by atoms with Crippen molar-refractivity contribution in [3.63, 3.8) is 0 Å². The van der Waals surface area contributed by atoms with Crippen LogP contribution in [-0.4, -0.2) is 11.1 Å². The monoisotopic (exact) mass is 280 g/mol. The van der Waals surface area contributed by atoms with Crippen molar-refractivity contribution in [2.45, 2.75) is 19.8 Å². The zero-order valence-electron chi connectivity index (χ0n) is 9.03. The minimum atomic E-state index is -0.767. The van der Waals surface area contributed by atoms with Crippen LogP contribution in [0.5, 0.6) is 0 Å².